The van der Waals surface area contributed by atoms with E-state index in [2.05, 4.69) is 26.6 Å². The molecule has 6 heteroatoms. The van der Waals surface area contributed by atoms with Crippen LogP contribution in [-0.2, 0) is 6.54 Å². The zero-order valence-electron chi connectivity index (χ0n) is 10.3. The van der Waals surface area contributed by atoms with E-state index in [-0.39, 0.29) is 5.82 Å². The van der Waals surface area contributed by atoms with Gasteiger partial charge in [-0.2, -0.15) is 0 Å². The quantitative estimate of drug-likeness (QED) is 0.761. The van der Waals surface area contributed by atoms with E-state index in [9.17, 15) is 4.39 Å². The average Bonchev–Trinajstić information content (AvgIpc) is 2.41. The van der Waals surface area contributed by atoms with Crippen molar-refractivity contribution in [3.8, 4) is 0 Å². The molecule has 0 aliphatic heterocycles. The molecule has 2 rings (SSSR count). The van der Waals surface area contributed by atoms with E-state index in [4.69, 9.17) is 23.8 Å². The number of benzene rings is 2. The molecule has 0 aliphatic carbocycles. The lowest BCUT2D eigenvalue weighted by Gasteiger charge is -2.12. The minimum absolute atomic E-state index is 0.324. The van der Waals surface area contributed by atoms with Gasteiger partial charge in [0.1, 0.15) is 5.82 Å². The summed E-state index contributed by atoms with van der Waals surface area (Å²) in [5.41, 5.74) is 1.25. The number of nitrogens with one attached hydrogen (secondary N) is 2. The molecule has 0 aromatic heterocycles. The largest absolute Gasteiger partial charge is 0.358 e. The molecule has 2 N–H and O–H groups in total. The van der Waals surface area contributed by atoms with Crippen LogP contribution in [0.5, 0.6) is 0 Å². The Morgan fingerprint density at radius 2 is 2.00 bits per heavy atom. The van der Waals surface area contributed by atoms with Gasteiger partial charge in [0.2, 0.25) is 0 Å². The van der Waals surface area contributed by atoms with Crippen LogP contribution < -0.4 is 10.6 Å². The second kappa shape index (κ2) is 7.02. The van der Waals surface area contributed by atoms with Crippen molar-refractivity contribution in [2.24, 2.45) is 0 Å². The van der Waals surface area contributed by atoms with Crippen molar-refractivity contribution in [1.82, 2.24) is 5.32 Å². The maximum absolute atomic E-state index is 13.6. The highest BCUT2D eigenvalue weighted by Crippen LogP contribution is 2.19. The van der Waals surface area contributed by atoms with Gasteiger partial charge in [0.25, 0.3) is 0 Å². The first-order chi connectivity index (χ1) is 9.56. The third kappa shape index (κ3) is 4.16. The molecule has 0 saturated carbocycles. The molecule has 0 unspecified atom stereocenters. The second-order valence-corrected chi connectivity index (χ2v) is 5.75. The first kappa shape index (κ1) is 15.2. The summed E-state index contributed by atoms with van der Waals surface area (Å²) in [6.45, 7) is 0.476. The first-order valence-electron chi connectivity index (χ1n) is 5.79. The highest BCUT2D eigenvalue weighted by atomic mass is 79.9. The smallest absolute Gasteiger partial charge is 0.171 e. The molecule has 0 amide bonds. The fraction of sp³-hybridized carbons (Fsp3) is 0.0714. The highest BCUT2D eigenvalue weighted by Gasteiger charge is 2.05. The second-order valence-electron chi connectivity index (χ2n) is 4.02. The lowest BCUT2D eigenvalue weighted by Crippen LogP contribution is -2.28. The summed E-state index contributed by atoms with van der Waals surface area (Å²) >= 11 is 14.4. The maximum Gasteiger partial charge on any atom is 0.171 e. The van der Waals surface area contributed by atoms with E-state index in [1.807, 2.05) is 24.3 Å². The van der Waals surface area contributed by atoms with Crippen molar-refractivity contribution in [3.63, 3.8) is 0 Å². The van der Waals surface area contributed by atoms with E-state index in [1.165, 1.54) is 6.07 Å². The Bertz CT molecular complexity index is 636. The lowest BCUT2D eigenvalue weighted by molar-refractivity contribution is 0.631. The molecule has 104 valence electrons. The monoisotopic (exact) mass is 372 g/mol. The van der Waals surface area contributed by atoms with Crippen LogP contribution >= 0.6 is 39.7 Å². The van der Waals surface area contributed by atoms with Crippen molar-refractivity contribution in [3.05, 3.63) is 63.3 Å². The average molecular weight is 374 g/mol. The Morgan fingerprint density at radius 3 is 2.70 bits per heavy atom. The summed E-state index contributed by atoms with van der Waals surface area (Å²) in [6, 6.07) is 12.2. The van der Waals surface area contributed by atoms with Crippen molar-refractivity contribution in [2.45, 2.75) is 6.54 Å². The fourth-order valence-electron chi connectivity index (χ4n) is 1.57. The van der Waals surface area contributed by atoms with Crippen LogP contribution in [0.1, 0.15) is 5.56 Å². The maximum atomic E-state index is 13.6. The fourth-order valence-corrected chi connectivity index (χ4v) is 2.29. The van der Waals surface area contributed by atoms with Gasteiger partial charge in [0.05, 0.1) is 5.69 Å². The van der Waals surface area contributed by atoms with Gasteiger partial charge in [0.15, 0.2) is 5.11 Å². The van der Waals surface area contributed by atoms with Crippen LogP contribution in [0, 0.1) is 5.82 Å². The predicted molar refractivity (Wildman–Crippen MR) is 88.6 cm³/mol. The number of halogens is 3. The van der Waals surface area contributed by atoms with Crippen molar-refractivity contribution in [1.29, 1.82) is 0 Å². The molecule has 0 spiro atoms. The predicted octanol–water partition coefficient (Wildman–Crippen LogP) is 4.73. The minimum atomic E-state index is -0.374. The van der Waals surface area contributed by atoms with Gasteiger partial charge in [-0.25, -0.2) is 4.39 Å². The van der Waals surface area contributed by atoms with Gasteiger partial charge in [-0.1, -0.05) is 45.7 Å². The zero-order valence-corrected chi connectivity index (χ0v) is 13.4. The Morgan fingerprint density at radius 1 is 1.25 bits per heavy atom. The Balaban J connectivity index is 1.94. The Kier molecular flexibility index (Phi) is 5.34. The normalized spacial score (nSPS) is 10.2. The summed E-state index contributed by atoms with van der Waals surface area (Å²) in [7, 11) is 0. The zero-order chi connectivity index (χ0) is 14.5. The Hall–Kier alpha value is -1.17. The summed E-state index contributed by atoms with van der Waals surface area (Å²) in [5, 5.41) is 6.80. The molecule has 0 radical (unpaired) electrons. The minimum Gasteiger partial charge on any atom is -0.358 e. The van der Waals surface area contributed by atoms with Gasteiger partial charge < -0.3 is 10.6 Å². The van der Waals surface area contributed by atoms with Gasteiger partial charge in [-0.3, -0.25) is 0 Å². The number of hydrogen-bond donors (Lipinski definition) is 2. The molecule has 2 aromatic rings. The van der Waals surface area contributed by atoms with E-state index in [0.717, 1.165) is 5.56 Å². The van der Waals surface area contributed by atoms with Crippen LogP contribution in [0.15, 0.2) is 46.9 Å². The van der Waals surface area contributed by atoms with E-state index < -0.39 is 0 Å². The summed E-state index contributed by atoms with van der Waals surface area (Å²) in [4.78, 5) is 0. The molecule has 0 aliphatic rings. The molecule has 0 heterocycles. The molecule has 2 aromatic carbocycles. The third-order valence-electron chi connectivity index (χ3n) is 2.58. The van der Waals surface area contributed by atoms with Crippen LogP contribution in [-0.4, -0.2) is 5.11 Å². The molecule has 2 nitrogen and oxygen atoms in total. The van der Waals surface area contributed by atoms with Gasteiger partial charge in [0, 0.05) is 16.0 Å². The van der Waals surface area contributed by atoms with E-state index in [1.54, 1.807) is 12.1 Å². The summed E-state index contributed by atoms with van der Waals surface area (Å²) in [5.74, 6) is -0.374. The number of hydrogen-bond acceptors (Lipinski definition) is 1. The molecule has 20 heavy (non-hydrogen) atoms. The van der Waals surface area contributed by atoms with Crippen molar-refractivity contribution in [2.75, 3.05) is 5.32 Å². The van der Waals surface area contributed by atoms with Crippen molar-refractivity contribution >= 4 is 50.5 Å². The molecule has 0 fully saturated rings. The molecular weight excluding hydrogens is 363 g/mol. The molecular formula is C14H11BrClFN2S. The lowest BCUT2D eigenvalue weighted by atomic mass is 10.2. The van der Waals surface area contributed by atoms with Crippen LogP contribution in [0.3, 0.4) is 0 Å². The van der Waals surface area contributed by atoms with Gasteiger partial charge >= 0.3 is 0 Å². The molecule has 0 saturated heterocycles. The summed E-state index contributed by atoms with van der Waals surface area (Å²) < 4.78 is 14.3. The van der Waals surface area contributed by atoms with Crippen LogP contribution in [0.25, 0.3) is 0 Å². The molecule has 0 bridgehead atoms. The van der Waals surface area contributed by atoms with Crippen LogP contribution in [0.2, 0.25) is 5.02 Å². The standard InChI is InChI=1S/C14H11BrClFN2S/c15-10-5-6-13(12(17)7-10)19-14(20)18-8-9-3-1-2-4-11(9)16/h1-7H,8H2,(H2,18,19,20). The van der Waals surface area contributed by atoms with Crippen LogP contribution in [0.4, 0.5) is 10.1 Å². The summed E-state index contributed by atoms with van der Waals surface area (Å²) in [6.07, 6.45) is 0. The Labute approximate surface area is 135 Å². The number of rotatable bonds is 3. The third-order valence-corrected chi connectivity index (χ3v) is 3.68. The highest BCUT2D eigenvalue weighted by molar-refractivity contribution is 9.10. The van der Waals surface area contributed by atoms with E-state index >= 15 is 0 Å². The molecule has 0 atom stereocenters. The first-order valence-corrected chi connectivity index (χ1v) is 7.37. The van der Waals surface area contributed by atoms with Gasteiger partial charge in [-0.15, -0.1) is 0 Å². The SMILES string of the molecule is Fc1cc(Br)ccc1NC(=S)NCc1ccccc1Cl. The van der Waals surface area contributed by atoms with Crippen molar-refractivity contribution < 1.29 is 4.39 Å². The topological polar surface area (TPSA) is 24.1 Å². The van der Waals surface area contributed by atoms with Gasteiger partial charge in [-0.05, 0) is 42.0 Å². The number of anilines is 1. The van der Waals surface area contributed by atoms with E-state index in [0.29, 0.717) is 26.8 Å². The number of thiocarbonyl (C=S) groups is 1.